The number of hydrogen-bond acceptors (Lipinski definition) is 3. The summed E-state index contributed by atoms with van der Waals surface area (Å²) in [7, 11) is 0. The van der Waals surface area contributed by atoms with Crippen molar-refractivity contribution < 1.29 is 22.8 Å². The van der Waals surface area contributed by atoms with E-state index in [1.807, 2.05) is 0 Å². The minimum atomic E-state index is -4.55. The molecule has 24 heavy (non-hydrogen) atoms. The zero-order valence-corrected chi connectivity index (χ0v) is 13.2. The second-order valence-corrected chi connectivity index (χ2v) is 6.10. The van der Waals surface area contributed by atoms with Gasteiger partial charge in [-0.2, -0.15) is 13.2 Å². The van der Waals surface area contributed by atoms with Crippen molar-refractivity contribution in [2.24, 2.45) is 11.7 Å². The summed E-state index contributed by atoms with van der Waals surface area (Å²) in [4.78, 5) is 24.3. The Labute approximate surface area is 137 Å². The zero-order chi connectivity index (χ0) is 18.0. The predicted octanol–water partition coefficient (Wildman–Crippen LogP) is 1.52. The molecule has 1 fully saturated rings. The van der Waals surface area contributed by atoms with Crippen molar-refractivity contribution in [3.05, 3.63) is 35.4 Å². The van der Waals surface area contributed by atoms with E-state index >= 15 is 0 Å². The lowest BCUT2D eigenvalue weighted by Gasteiger charge is -2.31. The van der Waals surface area contributed by atoms with Gasteiger partial charge in [-0.05, 0) is 44.0 Å². The molecule has 132 valence electrons. The number of carbonyl (C=O) groups excluding carboxylic acids is 2. The summed E-state index contributed by atoms with van der Waals surface area (Å²) >= 11 is 0. The van der Waals surface area contributed by atoms with Crippen LogP contribution < -0.4 is 16.4 Å². The average Bonchev–Trinajstić information content (AvgIpc) is 2.54. The molecule has 5 nitrogen and oxygen atoms in total. The van der Waals surface area contributed by atoms with Crippen molar-refractivity contribution >= 4 is 11.8 Å². The number of benzene rings is 1. The fourth-order valence-corrected chi connectivity index (χ4v) is 2.71. The highest BCUT2D eigenvalue weighted by Crippen LogP contribution is 2.32. The Bertz CT molecular complexity index is 627. The molecule has 0 aliphatic carbocycles. The van der Waals surface area contributed by atoms with Crippen molar-refractivity contribution in [2.75, 3.05) is 13.1 Å². The molecule has 1 aromatic carbocycles. The minimum absolute atomic E-state index is 0.00180. The van der Waals surface area contributed by atoms with Gasteiger partial charge in [0.1, 0.15) is 5.54 Å². The molecular formula is C16H20F3N3O2. The number of hydrogen-bond donors (Lipinski definition) is 3. The first-order valence-corrected chi connectivity index (χ1v) is 7.65. The van der Waals surface area contributed by atoms with E-state index in [0.29, 0.717) is 13.0 Å². The molecule has 0 spiro atoms. The highest BCUT2D eigenvalue weighted by Gasteiger charge is 2.39. The summed E-state index contributed by atoms with van der Waals surface area (Å²) < 4.78 is 38.7. The fourth-order valence-electron chi connectivity index (χ4n) is 2.71. The Kier molecular flexibility index (Phi) is 5.17. The van der Waals surface area contributed by atoms with E-state index in [4.69, 9.17) is 5.73 Å². The van der Waals surface area contributed by atoms with Crippen molar-refractivity contribution in [1.82, 2.24) is 10.6 Å². The number of amides is 2. The first kappa shape index (κ1) is 18.3. The maximum atomic E-state index is 12.9. The highest BCUT2D eigenvalue weighted by atomic mass is 19.4. The van der Waals surface area contributed by atoms with E-state index in [1.54, 1.807) is 0 Å². The molecule has 0 bridgehead atoms. The smallest absolute Gasteiger partial charge is 0.367 e. The van der Waals surface area contributed by atoms with E-state index in [9.17, 15) is 22.8 Å². The summed E-state index contributed by atoms with van der Waals surface area (Å²) in [5, 5.41) is 5.61. The maximum Gasteiger partial charge on any atom is 0.416 e. The van der Waals surface area contributed by atoms with Crippen LogP contribution in [0.15, 0.2) is 24.3 Å². The molecule has 1 heterocycles. The SMILES string of the molecule is CC(NC(=O)C1CCCNC1)(C(N)=O)c1cccc(C(F)(F)F)c1. The monoisotopic (exact) mass is 343 g/mol. The van der Waals surface area contributed by atoms with Gasteiger partial charge in [0, 0.05) is 6.54 Å². The molecule has 2 amide bonds. The summed E-state index contributed by atoms with van der Waals surface area (Å²) in [6.07, 6.45) is -3.09. The van der Waals surface area contributed by atoms with E-state index in [0.717, 1.165) is 25.1 Å². The molecule has 1 aromatic rings. The quantitative estimate of drug-likeness (QED) is 0.775. The van der Waals surface area contributed by atoms with Gasteiger partial charge in [0.2, 0.25) is 11.8 Å². The molecule has 0 radical (unpaired) electrons. The number of halogens is 3. The third kappa shape index (κ3) is 3.87. The van der Waals surface area contributed by atoms with E-state index in [2.05, 4.69) is 10.6 Å². The van der Waals surface area contributed by atoms with Crippen LogP contribution in [0.1, 0.15) is 30.9 Å². The molecule has 2 atom stereocenters. The normalized spacial score (nSPS) is 20.9. The number of rotatable bonds is 4. The van der Waals surface area contributed by atoms with Gasteiger partial charge in [0.05, 0.1) is 11.5 Å². The molecule has 0 aromatic heterocycles. The van der Waals surface area contributed by atoms with Gasteiger partial charge in [-0.15, -0.1) is 0 Å². The standard InChI is InChI=1S/C16H20F3N3O2/c1-15(14(20)24,22-13(23)10-4-3-7-21-9-10)11-5-2-6-12(8-11)16(17,18)19/h2,5-6,8,10,21H,3-4,7,9H2,1H3,(H2,20,24)(H,22,23). The van der Waals surface area contributed by atoms with Crippen molar-refractivity contribution in [1.29, 1.82) is 0 Å². The van der Waals surface area contributed by atoms with Gasteiger partial charge in [-0.3, -0.25) is 9.59 Å². The Morgan fingerprint density at radius 3 is 2.50 bits per heavy atom. The van der Waals surface area contributed by atoms with Crippen LogP contribution in [0.3, 0.4) is 0 Å². The van der Waals surface area contributed by atoms with E-state index in [1.165, 1.54) is 19.1 Å². The van der Waals surface area contributed by atoms with Crippen LogP contribution in [0.5, 0.6) is 0 Å². The predicted molar refractivity (Wildman–Crippen MR) is 81.7 cm³/mol. The number of nitrogens with two attached hydrogens (primary N) is 1. The molecule has 2 rings (SSSR count). The Balaban J connectivity index is 2.30. The lowest BCUT2D eigenvalue weighted by molar-refractivity contribution is -0.138. The Morgan fingerprint density at radius 2 is 1.96 bits per heavy atom. The van der Waals surface area contributed by atoms with Crippen LogP contribution in [0, 0.1) is 5.92 Å². The van der Waals surface area contributed by atoms with Crippen LogP contribution in [0.4, 0.5) is 13.2 Å². The van der Waals surface area contributed by atoms with Crippen LogP contribution in [0.25, 0.3) is 0 Å². The van der Waals surface area contributed by atoms with Crippen LogP contribution in [0.2, 0.25) is 0 Å². The largest absolute Gasteiger partial charge is 0.416 e. The third-order valence-electron chi connectivity index (χ3n) is 4.30. The second-order valence-electron chi connectivity index (χ2n) is 6.10. The second kappa shape index (κ2) is 6.80. The van der Waals surface area contributed by atoms with Gasteiger partial charge < -0.3 is 16.4 Å². The van der Waals surface area contributed by atoms with E-state index < -0.39 is 29.1 Å². The summed E-state index contributed by atoms with van der Waals surface area (Å²) in [5.74, 6) is -1.66. The summed E-state index contributed by atoms with van der Waals surface area (Å²) in [5.41, 5.74) is 2.78. The topological polar surface area (TPSA) is 84.2 Å². The van der Waals surface area contributed by atoms with Gasteiger partial charge in [-0.25, -0.2) is 0 Å². The lowest BCUT2D eigenvalue weighted by Crippen LogP contribution is -2.55. The number of alkyl halides is 3. The van der Waals surface area contributed by atoms with Gasteiger partial charge in [0.15, 0.2) is 0 Å². The van der Waals surface area contributed by atoms with Crippen LogP contribution >= 0.6 is 0 Å². The van der Waals surface area contributed by atoms with E-state index in [-0.39, 0.29) is 11.5 Å². The molecule has 4 N–H and O–H groups in total. The fraction of sp³-hybridized carbons (Fsp3) is 0.500. The Morgan fingerprint density at radius 1 is 1.29 bits per heavy atom. The first-order valence-electron chi connectivity index (χ1n) is 7.65. The molecule has 8 heteroatoms. The first-order chi connectivity index (χ1) is 11.1. The zero-order valence-electron chi connectivity index (χ0n) is 13.2. The molecule has 1 aliphatic heterocycles. The number of nitrogens with one attached hydrogen (secondary N) is 2. The average molecular weight is 343 g/mol. The Hall–Kier alpha value is -2.09. The maximum absolute atomic E-state index is 12.9. The molecular weight excluding hydrogens is 323 g/mol. The molecule has 0 saturated carbocycles. The molecule has 1 saturated heterocycles. The number of primary amides is 1. The van der Waals surface area contributed by atoms with Crippen molar-refractivity contribution in [3.8, 4) is 0 Å². The third-order valence-corrected chi connectivity index (χ3v) is 4.30. The van der Waals surface area contributed by atoms with Crippen LogP contribution in [-0.2, 0) is 21.3 Å². The summed E-state index contributed by atoms with van der Waals surface area (Å²) in [6.45, 7) is 2.59. The minimum Gasteiger partial charge on any atom is -0.367 e. The van der Waals surface area contributed by atoms with Crippen molar-refractivity contribution in [3.63, 3.8) is 0 Å². The van der Waals surface area contributed by atoms with Gasteiger partial charge in [-0.1, -0.05) is 12.1 Å². The summed E-state index contributed by atoms with van der Waals surface area (Å²) in [6, 6.07) is 4.27. The number of carbonyl (C=O) groups is 2. The highest BCUT2D eigenvalue weighted by molar-refractivity contribution is 5.92. The molecule has 1 aliphatic rings. The van der Waals surface area contributed by atoms with Crippen LogP contribution in [-0.4, -0.2) is 24.9 Å². The van der Waals surface area contributed by atoms with Gasteiger partial charge >= 0.3 is 6.18 Å². The number of piperidine rings is 1. The van der Waals surface area contributed by atoms with Gasteiger partial charge in [0.25, 0.3) is 0 Å². The molecule has 2 unspecified atom stereocenters. The van der Waals surface area contributed by atoms with Crippen molar-refractivity contribution in [2.45, 2.75) is 31.5 Å². The lowest BCUT2D eigenvalue weighted by atomic mass is 9.88.